The first kappa shape index (κ1) is 11.4. The number of phenols is 1. The smallest absolute Gasteiger partial charge is 0.150 e. The third-order valence-electron chi connectivity index (χ3n) is 1.03. The molecule has 0 aromatic heterocycles. The summed E-state index contributed by atoms with van der Waals surface area (Å²) >= 11 is 0. The fourth-order valence-electron chi connectivity index (χ4n) is 0.553. The lowest BCUT2D eigenvalue weighted by Crippen LogP contribution is -1.74. The molecule has 0 aliphatic heterocycles. The molecule has 0 saturated heterocycles. The minimum absolute atomic E-state index is 0.167. The van der Waals surface area contributed by atoms with E-state index in [1.165, 1.54) is 26.0 Å². The third kappa shape index (κ3) is 6.75. The van der Waals surface area contributed by atoms with Crippen molar-refractivity contribution < 1.29 is 14.7 Å². The lowest BCUT2D eigenvalue weighted by atomic mass is 10.2. The van der Waals surface area contributed by atoms with Gasteiger partial charge in [0.05, 0.1) is 0 Å². The van der Waals surface area contributed by atoms with E-state index >= 15 is 0 Å². The van der Waals surface area contributed by atoms with Crippen LogP contribution in [0.3, 0.4) is 0 Å². The van der Waals surface area contributed by atoms with Crippen LogP contribution in [-0.2, 0) is 4.79 Å². The van der Waals surface area contributed by atoms with Crippen LogP contribution in [0, 0.1) is 0 Å². The quantitative estimate of drug-likeness (QED) is 0.670. The van der Waals surface area contributed by atoms with Crippen LogP contribution < -0.4 is 0 Å². The monoisotopic (exact) mass is 180 g/mol. The van der Waals surface area contributed by atoms with Crippen molar-refractivity contribution in [3.63, 3.8) is 0 Å². The summed E-state index contributed by atoms with van der Waals surface area (Å²) in [4.78, 5) is 19.5. The highest BCUT2D eigenvalue weighted by atomic mass is 16.3. The van der Waals surface area contributed by atoms with Crippen molar-refractivity contribution in [3.8, 4) is 5.75 Å². The van der Waals surface area contributed by atoms with Gasteiger partial charge in [-0.3, -0.25) is 4.79 Å². The molecule has 3 nitrogen and oxygen atoms in total. The van der Waals surface area contributed by atoms with Gasteiger partial charge in [-0.15, -0.1) is 0 Å². The molecule has 1 rings (SSSR count). The zero-order valence-electron chi connectivity index (χ0n) is 7.65. The maximum Gasteiger partial charge on any atom is 0.150 e. The Morgan fingerprint density at radius 3 is 1.92 bits per heavy atom. The van der Waals surface area contributed by atoms with Crippen molar-refractivity contribution in [1.82, 2.24) is 0 Å². The van der Waals surface area contributed by atoms with E-state index in [1.807, 2.05) is 0 Å². The Morgan fingerprint density at radius 1 is 1.23 bits per heavy atom. The maximum atomic E-state index is 10.0. The molecule has 0 aliphatic rings. The van der Waals surface area contributed by atoms with Crippen LogP contribution in [0.15, 0.2) is 24.3 Å². The summed E-state index contributed by atoms with van der Waals surface area (Å²) in [6.45, 7) is 3.06. The summed E-state index contributed by atoms with van der Waals surface area (Å²) in [7, 11) is 0. The van der Waals surface area contributed by atoms with Crippen molar-refractivity contribution in [2.24, 2.45) is 0 Å². The van der Waals surface area contributed by atoms with Gasteiger partial charge in [0.2, 0.25) is 0 Å². The number of hydrogen-bond acceptors (Lipinski definition) is 3. The number of carbonyl (C=O) groups is 2. The van der Waals surface area contributed by atoms with Crippen molar-refractivity contribution in [1.29, 1.82) is 0 Å². The molecule has 13 heavy (non-hydrogen) atoms. The third-order valence-corrected chi connectivity index (χ3v) is 1.03. The van der Waals surface area contributed by atoms with Gasteiger partial charge in [0.25, 0.3) is 0 Å². The van der Waals surface area contributed by atoms with E-state index in [-0.39, 0.29) is 11.5 Å². The Labute approximate surface area is 77.0 Å². The molecule has 1 aromatic carbocycles. The summed E-state index contributed by atoms with van der Waals surface area (Å²) in [5, 5.41) is 8.74. The van der Waals surface area contributed by atoms with Gasteiger partial charge < -0.3 is 9.90 Å². The topological polar surface area (TPSA) is 54.4 Å². The Hall–Kier alpha value is -1.64. The zero-order valence-corrected chi connectivity index (χ0v) is 7.65. The first-order valence-corrected chi connectivity index (χ1v) is 3.77. The van der Waals surface area contributed by atoms with Crippen molar-refractivity contribution in [3.05, 3.63) is 29.8 Å². The van der Waals surface area contributed by atoms with E-state index in [4.69, 9.17) is 5.11 Å². The molecular formula is C10H12O3. The molecule has 0 aliphatic carbocycles. The van der Waals surface area contributed by atoms with Crippen molar-refractivity contribution >= 4 is 12.1 Å². The molecule has 1 N–H and O–H groups in total. The molecule has 0 atom stereocenters. The van der Waals surface area contributed by atoms with E-state index in [2.05, 4.69) is 0 Å². The Bertz CT molecular complexity index is 271. The van der Waals surface area contributed by atoms with Crippen LogP contribution in [-0.4, -0.2) is 17.2 Å². The van der Waals surface area contributed by atoms with E-state index < -0.39 is 0 Å². The fourth-order valence-corrected chi connectivity index (χ4v) is 0.553. The molecule has 0 radical (unpaired) electrons. The average molecular weight is 180 g/mol. The molecule has 70 valence electrons. The summed E-state index contributed by atoms with van der Waals surface area (Å²) in [5.41, 5.74) is 0.577. The SMILES string of the molecule is CC(C)=O.O=Cc1ccc(O)cc1. The number of carbonyl (C=O) groups excluding carboxylic acids is 2. The number of aromatic hydroxyl groups is 1. The van der Waals surface area contributed by atoms with Crippen LogP contribution in [0.25, 0.3) is 0 Å². The summed E-state index contributed by atoms with van der Waals surface area (Å²) in [5.74, 6) is 0.348. The standard InChI is InChI=1S/C7H6O2.C3H6O/c8-5-6-1-3-7(9)4-2-6;1-3(2)4/h1-5,9H;1-2H3. The Morgan fingerprint density at radius 2 is 1.62 bits per heavy atom. The summed E-state index contributed by atoms with van der Waals surface area (Å²) in [6, 6.07) is 6.07. The molecule has 1 aromatic rings. The lowest BCUT2D eigenvalue weighted by Gasteiger charge is -1.88. The van der Waals surface area contributed by atoms with Crippen molar-refractivity contribution in [2.45, 2.75) is 13.8 Å². The van der Waals surface area contributed by atoms with Gasteiger partial charge >= 0.3 is 0 Å². The number of ketones is 1. The predicted octanol–water partition coefficient (Wildman–Crippen LogP) is 1.80. The highest BCUT2D eigenvalue weighted by molar-refractivity contribution is 5.74. The normalized spacial score (nSPS) is 8.15. The number of Topliss-reactive ketones (excluding diaryl/α,β-unsaturated/α-hetero) is 1. The number of phenolic OH excluding ortho intramolecular Hbond substituents is 1. The van der Waals surface area contributed by atoms with Gasteiger partial charge in [0.1, 0.15) is 17.8 Å². The number of rotatable bonds is 1. The van der Waals surface area contributed by atoms with Gasteiger partial charge in [-0.25, -0.2) is 0 Å². The van der Waals surface area contributed by atoms with E-state index in [1.54, 1.807) is 12.1 Å². The van der Waals surface area contributed by atoms with Crippen LogP contribution in [0.4, 0.5) is 0 Å². The second-order valence-electron chi connectivity index (χ2n) is 2.62. The summed E-state index contributed by atoms with van der Waals surface area (Å²) < 4.78 is 0. The minimum Gasteiger partial charge on any atom is -0.508 e. The van der Waals surface area contributed by atoms with Gasteiger partial charge in [0.15, 0.2) is 0 Å². The molecule has 0 saturated carbocycles. The zero-order chi connectivity index (χ0) is 10.3. The van der Waals surface area contributed by atoms with Gasteiger partial charge in [-0.1, -0.05) is 0 Å². The van der Waals surface area contributed by atoms with Crippen LogP contribution >= 0.6 is 0 Å². The molecule has 0 spiro atoms. The van der Waals surface area contributed by atoms with E-state index in [9.17, 15) is 9.59 Å². The second-order valence-corrected chi connectivity index (χ2v) is 2.62. The average Bonchev–Trinajstić information content (AvgIpc) is 2.05. The summed E-state index contributed by atoms with van der Waals surface area (Å²) in [6.07, 6.45) is 0.736. The fraction of sp³-hybridized carbons (Fsp3) is 0.200. The van der Waals surface area contributed by atoms with Gasteiger partial charge in [0, 0.05) is 5.56 Å². The molecule has 0 amide bonds. The highest BCUT2D eigenvalue weighted by Crippen LogP contribution is 2.07. The highest BCUT2D eigenvalue weighted by Gasteiger charge is 1.86. The molecule has 0 bridgehead atoms. The van der Waals surface area contributed by atoms with Crippen LogP contribution in [0.2, 0.25) is 0 Å². The molecule has 0 fully saturated rings. The van der Waals surface area contributed by atoms with E-state index in [0.717, 1.165) is 6.29 Å². The number of aldehydes is 1. The van der Waals surface area contributed by atoms with Crippen molar-refractivity contribution in [2.75, 3.05) is 0 Å². The number of benzene rings is 1. The number of hydrogen-bond donors (Lipinski definition) is 1. The minimum atomic E-state index is 0.167. The Kier molecular flexibility index (Phi) is 5.19. The van der Waals surface area contributed by atoms with E-state index in [0.29, 0.717) is 5.56 Å². The van der Waals surface area contributed by atoms with Crippen LogP contribution in [0.5, 0.6) is 5.75 Å². The molecule has 3 heteroatoms. The molecular weight excluding hydrogens is 168 g/mol. The maximum absolute atomic E-state index is 10.0. The first-order chi connectivity index (χ1) is 6.06. The Balaban J connectivity index is 0.000000310. The van der Waals surface area contributed by atoms with Crippen LogP contribution in [0.1, 0.15) is 24.2 Å². The second kappa shape index (κ2) is 5.94. The largest absolute Gasteiger partial charge is 0.508 e. The first-order valence-electron chi connectivity index (χ1n) is 3.77. The van der Waals surface area contributed by atoms with Gasteiger partial charge in [-0.2, -0.15) is 0 Å². The predicted molar refractivity (Wildman–Crippen MR) is 49.8 cm³/mol. The molecule has 0 unspecified atom stereocenters. The molecule has 0 heterocycles. The lowest BCUT2D eigenvalue weighted by molar-refractivity contribution is -0.114. The van der Waals surface area contributed by atoms with Gasteiger partial charge in [-0.05, 0) is 38.1 Å².